The van der Waals surface area contributed by atoms with Gasteiger partial charge in [-0.2, -0.15) is 0 Å². The first-order valence-corrected chi connectivity index (χ1v) is 6.51. The molecule has 0 saturated carbocycles. The van der Waals surface area contributed by atoms with Crippen molar-refractivity contribution in [2.45, 2.75) is 0 Å². The lowest BCUT2D eigenvalue weighted by Gasteiger charge is -2.25. The minimum Gasteiger partial charge on any atom is -0.493 e. The number of hydrogen-bond acceptors (Lipinski definition) is 4. The molecule has 1 saturated heterocycles. The fraction of sp³-hybridized carbons (Fsp3) is 0.400. The van der Waals surface area contributed by atoms with Crippen LogP contribution in [0.2, 0.25) is 0 Å². The van der Waals surface area contributed by atoms with Gasteiger partial charge in [0.1, 0.15) is 0 Å². The first-order chi connectivity index (χ1) is 9.74. The zero-order valence-corrected chi connectivity index (χ0v) is 11.8. The Labute approximate surface area is 118 Å². The molecule has 0 spiro atoms. The molecule has 5 heteroatoms. The van der Waals surface area contributed by atoms with Gasteiger partial charge in [0, 0.05) is 19.2 Å². The molecular weight excluding hydrogens is 258 g/mol. The van der Waals surface area contributed by atoms with Crippen molar-refractivity contribution in [2.75, 3.05) is 40.5 Å². The fourth-order valence-corrected chi connectivity index (χ4v) is 2.01. The molecule has 0 atom stereocenters. The van der Waals surface area contributed by atoms with Gasteiger partial charge in [-0.1, -0.05) is 6.07 Å². The summed E-state index contributed by atoms with van der Waals surface area (Å²) >= 11 is 0. The molecule has 0 N–H and O–H groups in total. The Morgan fingerprint density at radius 1 is 1.20 bits per heavy atom. The molecule has 0 bridgehead atoms. The van der Waals surface area contributed by atoms with Crippen molar-refractivity contribution in [1.29, 1.82) is 0 Å². The Morgan fingerprint density at radius 2 is 1.90 bits per heavy atom. The molecular formula is C15H19NO4. The monoisotopic (exact) mass is 277 g/mol. The van der Waals surface area contributed by atoms with Crippen LogP contribution >= 0.6 is 0 Å². The first kappa shape index (κ1) is 14.4. The highest BCUT2D eigenvalue weighted by Crippen LogP contribution is 2.27. The number of carbonyl (C=O) groups excluding carboxylic acids is 1. The van der Waals surface area contributed by atoms with Gasteiger partial charge in [0.25, 0.3) is 0 Å². The van der Waals surface area contributed by atoms with E-state index >= 15 is 0 Å². The molecule has 1 aliphatic heterocycles. The quantitative estimate of drug-likeness (QED) is 0.784. The highest BCUT2D eigenvalue weighted by molar-refractivity contribution is 5.91. The number of carbonyl (C=O) groups is 1. The zero-order chi connectivity index (χ0) is 14.4. The summed E-state index contributed by atoms with van der Waals surface area (Å²) in [4.78, 5) is 13.8. The van der Waals surface area contributed by atoms with E-state index < -0.39 is 0 Å². The summed E-state index contributed by atoms with van der Waals surface area (Å²) in [5.41, 5.74) is 0.893. The van der Waals surface area contributed by atoms with E-state index in [-0.39, 0.29) is 5.91 Å². The largest absolute Gasteiger partial charge is 0.493 e. The van der Waals surface area contributed by atoms with Crippen molar-refractivity contribution in [3.05, 3.63) is 29.8 Å². The fourth-order valence-electron chi connectivity index (χ4n) is 2.01. The number of methoxy groups -OCH3 is 2. The van der Waals surface area contributed by atoms with E-state index in [4.69, 9.17) is 14.2 Å². The average Bonchev–Trinajstić information content (AvgIpc) is 2.53. The van der Waals surface area contributed by atoms with Crippen LogP contribution in [0.3, 0.4) is 0 Å². The maximum absolute atomic E-state index is 12.0. The molecule has 20 heavy (non-hydrogen) atoms. The van der Waals surface area contributed by atoms with E-state index in [1.165, 1.54) is 0 Å². The molecule has 2 rings (SSSR count). The summed E-state index contributed by atoms with van der Waals surface area (Å²) in [6, 6.07) is 5.53. The second-order valence-corrected chi connectivity index (χ2v) is 4.39. The minimum absolute atomic E-state index is 0.00286. The number of benzene rings is 1. The average molecular weight is 277 g/mol. The van der Waals surface area contributed by atoms with Crippen molar-refractivity contribution in [3.63, 3.8) is 0 Å². The highest BCUT2D eigenvalue weighted by atomic mass is 16.5. The van der Waals surface area contributed by atoms with Gasteiger partial charge in [-0.3, -0.25) is 4.79 Å². The van der Waals surface area contributed by atoms with E-state index in [9.17, 15) is 4.79 Å². The number of nitrogens with zero attached hydrogens (tertiary/aromatic N) is 1. The molecule has 1 heterocycles. The van der Waals surface area contributed by atoms with E-state index in [0.29, 0.717) is 37.8 Å². The summed E-state index contributed by atoms with van der Waals surface area (Å²) in [6.45, 7) is 2.51. The lowest BCUT2D eigenvalue weighted by Crippen LogP contribution is -2.39. The molecule has 1 fully saturated rings. The van der Waals surface area contributed by atoms with Crippen LogP contribution in [-0.4, -0.2) is 51.3 Å². The molecule has 108 valence electrons. The van der Waals surface area contributed by atoms with E-state index in [2.05, 4.69) is 0 Å². The van der Waals surface area contributed by atoms with Gasteiger partial charge < -0.3 is 19.1 Å². The third-order valence-corrected chi connectivity index (χ3v) is 3.15. The van der Waals surface area contributed by atoms with Crippen molar-refractivity contribution < 1.29 is 19.0 Å². The van der Waals surface area contributed by atoms with Crippen LogP contribution in [0.4, 0.5) is 0 Å². The Kier molecular flexibility index (Phi) is 5.01. The lowest BCUT2D eigenvalue weighted by molar-refractivity contribution is -0.129. The van der Waals surface area contributed by atoms with Crippen LogP contribution in [0.1, 0.15) is 5.56 Å². The van der Waals surface area contributed by atoms with Crippen LogP contribution in [0.25, 0.3) is 6.08 Å². The van der Waals surface area contributed by atoms with Gasteiger partial charge in [-0.05, 0) is 23.8 Å². The van der Waals surface area contributed by atoms with E-state index in [0.717, 1.165) is 5.56 Å². The zero-order valence-electron chi connectivity index (χ0n) is 11.8. The Balaban J connectivity index is 2.04. The van der Waals surface area contributed by atoms with Crippen molar-refractivity contribution >= 4 is 12.0 Å². The van der Waals surface area contributed by atoms with Crippen molar-refractivity contribution in [2.24, 2.45) is 0 Å². The summed E-state index contributed by atoms with van der Waals surface area (Å²) < 4.78 is 15.6. The molecule has 0 unspecified atom stereocenters. The highest BCUT2D eigenvalue weighted by Gasteiger charge is 2.14. The molecule has 0 radical (unpaired) electrons. The number of rotatable bonds is 4. The number of ether oxygens (including phenoxy) is 3. The van der Waals surface area contributed by atoms with Gasteiger partial charge >= 0.3 is 0 Å². The second-order valence-electron chi connectivity index (χ2n) is 4.39. The normalized spacial score (nSPS) is 15.4. The van der Waals surface area contributed by atoms with Gasteiger partial charge in [-0.15, -0.1) is 0 Å². The molecule has 1 amide bonds. The van der Waals surface area contributed by atoms with Gasteiger partial charge in [0.2, 0.25) is 5.91 Å². The molecule has 0 aliphatic carbocycles. The van der Waals surface area contributed by atoms with E-state index in [1.54, 1.807) is 31.3 Å². The van der Waals surface area contributed by atoms with Crippen molar-refractivity contribution in [1.82, 2.24) is 4.90 Å². The number of amides is 1. The molecule has 1 aromatic rings. The van der Waals surface area contributed by atoms with E-state index in [1.807, 2.05) is 18.2 Å². The maximum atomic E-state index is 12.0. The lowest BCUT2D eigenvalue weighted by atomic mass is 10.2. The van der Waals surface area contributed by atoms with Gasteiger partial charge in [-0.25, -0.2) is 0 Å². The Morgan fingerprint density at radius 3 is 2.55 bits per heavy atom. The Bertz CT molecular complexity index is 493. The smallest absolute Gasteiger partial charge is 0.246 e. The van der Waals surface area contributed by atoms with Crippen molar-refractivity contribution in [3.8, 4) is 11.5 Å². The summed E-state index contributed by atoms with van der Waals surface area (Å²) in [6.07, 6.45) is 3.35. The van der Waals surface area contributed by atoms with Gasteiger partial charge in [0.05, 0.1) is 27.4 Å². The predicted molar refractivity (Wildman–Crippen MR) is 76.0 cm³/mol. The van der Waals surface area contributed by atoms with Crippen LogP contribution in [-0.2, 0) is 9.53 Å². The molecule has 1 aromatic carbocycles. The van der Waals surface area contributed by atoms with Gasteiger partial charge in [0.15, 0.2) is 11.5 Å². The SMILES string of the molecule is COc1ccc(C=CC(=O)N2CCOCC2)cc1OC. The molecule has 1 aliphatic rings. The standard InChI is InChI=1S/C15H19NO4/c1-18-13-5-3-12(11-14(13)19-2)4-6-15(17)16-7-9-20-10-8-16/h3-6,11H,7-10H2,1-2H3. The van der Waals surface area contributed by atoms with Crippen LogP contribution in [0, 0.1) is 0 Å². The minimum atomic E-state index is 0.00286. The summed E-state index contributed by atoms with van der Waals surface area (Å²) in [5, 5.41) is 0. The topological polar surface area (TPSA) is 48.0 Å². The van der Waals surface area contributed by atoms with Crippen LogP contribution in [0.5, 0.6) is 11.5 Å². The summed E-state index contributed by atoms with van der Waals surface area (Å²) in [5.74, 6) is 1.32. The number of morpholine rings is 1. The van der Waals surface area contributed by atoms with Crippen LogP contribution < -0.4 is 9.47 Å². The Hall–Kier alpha value is -2.01. The molecule has 0 aromatic heterocycles. The second kappa shape index (κ2) is 6.96. The third kappa shape index (κ3) is 3.51. The van der Waals surface area contributed by atoms with Crippen LogP contribution in [0.15, 0.2) is 24.3 Å². The molecule has 5 nitrogen and oxygen atoms in total. The maximum Gasteiger partial charge on any atom is 0.246 e. The predicted octanol–water partition coefficient (Wildman–Crippen LogP) is 1.58. The first-order valence-electron chi connectivity index (χ1n) is 6.51. The summed E-state index contributed by atoms with van der Waals surface area (Å²) in [7, 11) is 3.18. The number of hydrogen-bond donors (Lipinski definition) is 0. The third-order valence-electron chi connectivity index (χ3n) is 3.15.